The van der Waals surface area contributed by atoms with Crippen LogP contribution in [0, 0.1) is 13.8 Å². The highest BCUT2D eigenvalue weighted by atomic mass is 32.2. The van der Waals surface area contributed by atoms with E-state index in [4.69, 9.17) is 9.51 Å². The topological polar surface area (TPSA) is 90.0 Å². The summed E-state index contributed by atoms with van der Waals surface area (Å²) in [4.78, 5) is 30.6. The van der Waals surface area contributed by atoms with Crippen molar-refractivity contribution in [2.75, 3.05) is 11.1 Å². The van der Waals surface area contributed by atoms with Gasteiger partial charge in [-0.25, -0.2) is 4.98 Å². The number of anilines is 1. The molecule has 164 valence electrons. The molecular weight excluding hydrogens is 424 g/mol. The van der Waals surface area contributed by atoms with Gasteiger partial charge >= 0.3 is 0 Å². The van der Waals surface area contributed by atoms with Gasteiger partial charge in [-0.2, -0.15) is 0 Å². The maximum Gasteiger partial charge on any atom is 0.266 e. The number of fused-ring (bicyclic) bond motifs is 1. The molecule has 0 fully saturated rings. The summed E-state index contributed by atoms with van der Waals surface area (Å²) in [5.41, 5.74) is 4.01. The number of hydrogen-bond acceptors (Lipinski definition) is 6. The van der Waals surface area contributed by atoms with Gasteiger partial charge in [-0.05, 0) is 43.5 Å². The lowest BCUT2D eigenvalue weighted by Gasteiger charge is -2.15. The number of rotatable bonds is 6. The van der Waals surface area contributed by atoms with E-state index in [0.29, 0.717) is 21.9 Å². The molecule has 0 aliphatic carbocycles. The Hall–Kier alpha value is -3.39. The van der Waals surface area contributed by atoms with E-state index < -0.39 is 0 Å². The average Bonchev–Trinajstić information content (AvgIpc) is 3.22. The number of amides is 1. The number of nitrogens with zero attached hydrogens (tertiary/aromatic N) is 3. The molecule has 0 atom stereocenters. The quantitative estimate of drug-likeness (QED) is 0.335. The minimum atomic E-state index is -0.268. The first-order chi connectivity index (χ1) is 15.3. The van der Waals surface area contributed by atoms with Crippen molar-refractivity contribution in [1.29, 1.82) is 0 Å². The van der Waals surface area contributed by atoms with Crippen LogP contribution in [0.25, 0.3) is 16.6 Å². The van der Waals surface area contributed by atoms with E-state index in [-0.39, 0.29) is 23.1 Å². The second kappa shape index (κ2) is 9.00. The van der Waals surface area contributed by atoms with Crippen molar-refractivity contribution in [2.45, 2.75) is 38.8 Å². The molecule has 1 amide bonds. The van der Waals surface area contributed by atoms with Crippen LogP contribution in [0.1, 0.15) is 36.6 Å². The zero-order chi connectivity index (χ0) is 22.8. The van der Waals surface area contributed by atoms with E-state index in [1.165, 1.54) is 11.8 Å². The molecule has 4 aromatic rings. The molecule has 0 radical (unpaired) electrons. The van der Waals surface area contributed by atoms with Gasteiger partial charge in [0.1, 0.15) is 0 Å². The van der Waals surface area contributed by atoms with E-state index in [1.54, 1.807) is 22.8 Å². The third-order valence-corrected chi connectivity index (χ3v) is 5.99. The predicted octanol–water partition coefficient (Wildman–Crippen LogP) is 4.84. The summed E-state index contributed by atoms with van der Waals surface area (Å²) in [6.07, 6.45) is 0. The first-order valence-electron chi connectivity index (χ1n) is 10.3. The van der Waals surface area contributed by atoms with Gasteiger partial charge in [-0.3, -0.25) is 19.5 Å². The number of benzene rings is 2. The number of aromatic nitrogens is 3. The van der Waals surface area contributed by atoms with Crippen LogP contribution in [0.3, 0.4) is 0 Å². The van der Waals surface area contributed by atoms with E-state index in [2.05, 4.69) is 10.5 Å². The number of aryl methyl sites for hydroxylation is 2. The fraction of sp³-hybridized carbons (Fsp3) is 0.250. The lowest BCUT2D eigenvalue weighted by Crippen LogP contribution is -2.23. The van der Waals surface area contributed by atoms with E-state index in [1.807, 2.05) is 58.0 Å². The predicted molar refractivity (Wildman–Crippen MR) is 127 cm³/mol. The van der Waals surface area contributed by atoms with E-state index in [0.717, 1.165) is 22.5 Å². The summed E-state index contributed by atoms with van der Waals surface area (Å²) >= 11 is 1.20. The molecule has 7 nitrogen and oxygen atoms in total. The maximum absolute atomic E-state index is 13.4. The van der Waals surface area contributed by atoms with Crippen LogP contribution in [0.15, 0.2) is 63.0 Å². The van der Waals surface area contributed by atoms with Crippen molar-refractivity contribution in [2.24, 2.45) is 0 Å². The Kier molecular flexibility index (Phi) is 6.14. The normalized spacial score (nSPS) is 11.3. The summed E-state index contributed by atoms with van der Waals surface area (Å²) < 4.78 is 6.77. The molecular formula is C24H24N4O3S. The van der Waals surface area contributed by atoms with Crippen molar-refractivity contribution < 1.29 is 9.32 Å². The second-order valence-corrected chi connectivity index (χ2v) is 8.89. The monoisotopic (exact) mass is 448 g/mol. The zero-order valence-corrected chi connectivity index (χ0v) is 19.2. The third-order valence-electron chi connectivity index (χ3n) is 5.05. The van der Waals surface area contributed by atoms with Gasteiger partial charge in [0.25, 0.3) is 5.56 Å². The number of thioether (sulfide) groups is 1. The molecule has 0 bridgehead atoms. The average molecular weight is 449 g/mol. The van der Waals surface area contributed by atoms with Crippen LogP contribution in [-0.2, 0) is 4.79 Å². The van der Waals surface area contributed by atoms with Crippen molar-refractivity contribution in [1.82, 2.24) is 14.7 Å². The van der Waals surface area contributed by atoms with Crippen molar-refractivity contribution in [3.63, 3.8) is 0 Å². The van der Waals surface area contributed by atoms with Crippen LogP contribution in [0.2, 0.25) is 0 Å². The molecule has 0 saturated heterocycles. The fourth-order valence-electron chi connectivity index (χ4n) is 3.40. The van der Waals surface area contributed by atoms with Crippen LogP contribution in [0.5, 0.6) is 0 Å². The highest BCUT2D eigenvalue weighted by molar-refractivity contribution is 7.99. The largest absolute Gasteiger partial charge is 0.338 e. The summed E-state index contributed by atoms with van der Waals surface area (Å²) in [6.45, 7) is 7.96. The molecule has 2 aromatic heterocycles. The Labute approximate surface area is 189 Å². The Balaban J connectivity index is 1.66. The summed E-state index contributed by atoms with van der Waals surface area (Å²) in [5, 5.41) is 7.65. The SMILES string of the molecule is Cc1ccc(-n2c(SCC(=O)Nc3cc(C(C)C)no3)nc3ccccc3c2=O)c(C)c1. The number of carbonyl (C=O) groups excluding carboxylic acids is 1. The zero-order valence-electron chi connectivity index (χ0n) is 18.4. The van der Waals surface area contributed by atoms with Crippen LogP contribution < -0.4 is 10.9 Å². The van der Waals surface area contributed by atoms with Crippen LogP contribution in [0.4, 0.5) is 5.88 Å². The van der Waals surface area contributed by atoms with E-state index >= 15 is 0 Å². The number of carbonyl (C=O) groups is 1. The minimum Gasteiger partial charge on any atom is -0.338 e. The second-order valence-electron chi connectivity index (χ2n) is 7.95. The van der Waals surface area contributed by atoms with Gasteiger partial charge in [-0.15, -0.1) is 0 Å². The summed E-state index contributed by atoms with van der Waals surface area (Å²) in [5.74, 6) is 0.300. The molecule has 0 spiro atoms. The number of para-hydroxylation sites is 1. The Bertz CT molecular complexity index is 1360. The Morgan fingerprint density at radius 2 is 1.94 bits per heavy atom. The first-order valence-corrected chi connectivity index (χ1v) is 11.3. The molecule has 1 N–H and O–H groups in total. The summed E-state index contributed by atoms with van der Waals surface area (Å²) in [6, 6.07) is 14.8. The molecule has 32 heavy (non-hydrogen) atoms. The van der Waals surface area contributed by atoms with Gasteiger partial charge in [0.2, 0.25) is 11.8 Å². The van der Waals surface area contributed by atoms with E-state index in [9.17, 15) is 9.59 Å². The van der Waals surface area contributed by atoms with Crippen LogP contribution in [-0.4, -0.2) is 26.4 Å². The van der Waals surface area contributed by atoms with Crippen molar-refractivity contribution in [3.05, 3.63) is 75.7 Å². The van der Waals surface area contributed by atoms with Gasteiger partial charge in [0.05, 0.1) is 28.0 Å². The number of hydrogen-bond donors (Lipinski definition) is 1. The fourth-order valence-corrected chi connectivity index (χ4v) is 4.21. The standard InChI is InChI=1S/C24H24N4O3S/c1-14(2)19-12-22(31-27-19)26-21(29)13-32-24-25-18-8-6-5-7-17(18)23(30)28(24)20-10-9-15(3)11-16(20)4/h5-12,14H,13H2,1-4H3,(H,26,29). The lowest BCUT2D eigenvalue weighted by atomic mass is 10.1. The van der Waals surface area contributed by atoms with Gasteiger partial charge in [0.15, 0.2) is 5.16 Å². The molecule has 0 unspecified atom stereocenters. The highest BCUT2D eigenvalue weighted by Crippen LogP contribution is 2.24. The Morgan fingerprint density at radius 3 is 2.66 bits per heavy atom. The molecule has 2 aromatic carbocycles. The molecule has 0 aliphatic heterocycles. The summed E-state index contributed by atoms with van der Waals surface area (Å²) in [7, 11) is 0. The number of nitrogens with one attached hydrogen (secondary N) is 1. The molecule has 8 heteroatoms. The van der Waals surface area contributed by atoms with Gasteiger partial charge < -0.3 is 4.52 Å². The smallest absolute Gasteiger partial charge is 0.266 e. The maximum atomic E-state index is 13.4. The molecule has 4 rings (SSSR count). The first kappa shape index (κ1) is 21.8. The third kappa shape index (κ3) is 4.45. The molecule has 0 aliphatic rings. The Morgan fingerprint density at radius 1 is 1.16 bits per heavy atom. The minimum absolute atomic E-state index is 0.0629. The van der Waals surface area contributed by atoms with Gasteiger partial charge in [-0.1, -0.05) is 60.6 Å². The lowest BCUT2D eigenvalue weighted by molar-refractivity contribution is -0.113. The molecule has 2 heterocycles. The molecule has 0 saturated carbocycles. The van der Waals surface area contributed by atoms with Gasteiger partial charge in [0, 0.05) is 6.07 Å². The van der Waals surface area contributed by atoms with Crippen LogP contribution >= 0.6 is 11.8 Å². The highest BCUT2D eigenvalue weighted by Gasteiger charge is 2.17. The van der Waals surface area contributed by atoms with Crippen molar-refractivity contribution in [3.8, 4) is 5.69 Å². The van der Waals surface area contributed by atoms with Crippen molar-refractivity contribution >= 4 is 34.5 Å².